The van der Waals surface area contributed by atoms with E-state index in [1.807, 2.05) is 0 Å². The van der Waals surface area contributed by atoms with Crippen LogP contribution in [0.1, 0.15) is 18.8 Å². The topological polar surface area (TPSA) is 101 Å². The molecule has 0 aliphatic carbocycles. The highest BCUT2D eigenvalue weighted by Crippen LogP contribution is 2.15. The third-order valence-corrected chi connectivity index (χ3v) is 4.01. The molecule has 0 aliphatic heterocycles. The second kappa shape index (κ2) is 4.79. The number of H-pyrrole nitrogens is 1. The summed E-state index contributed by atoms with van der Waals surface area (Å²) in [6.07, 6.45) is 3.21. The van der Waals surface area contributed by atoms with Gasteiger partial charge >= 0.3 is 0 Å². The molecule has 0 saturated carbocycles. The number of hydrogen-bond acceptors (Lipinski definition) is 4. The van der Waals surface area contributed by atoms with Crippen LogP contribution in [0.5, 0.6) is 0 Å². The zero-order valence-corrected chi connectivity index (χ0v) is 10.6. The van der Waals surface area contributed by atoms with Gasteiger partial charge in [-0.3, -0.25) is 0 Å². The Morgan fingerprint density at radius 1 is 1.33 bits per heavy atom. The predicted molar refractivity (Wildman–Crippen MR) is 68.2 cm³/mol. The number of nitrogen functional groups attached to an aromatic ring is 1. The number of imidazole rings is 1. The number of rotatable bonds is 4. The molecule has 0 aliphatic rings. The van der Waals surface area contributed by atoms with E-state index in [1.54, 1.807) is 31.5 Å². The zero-order chi connectivity index (χ0) is 13.2. The summed E-state index contributed by atoms with van der Waals surface area (Å²) >= 11 is 0. The van der Waals surface area contributed by atoms with Crippen molar-refractivity contribution in [2.45, 2.75) is 17.9 Å². The van der Waals surface area contributed by atoms with Crippen molar-refractivity contribution in [3.63, 3.8) is 0 Å². The van der Waals surface area contributed by atoms with Crippen molar-refractivity contribution in [2.24, 2.45) is 0 Å². The summed E-state index contributed by atoms with van der Waals surface area (Å²) in [5.74, 6) is 0.564. The van der Waals surface area contributed by atoms with Crippen LogP contribution < -0.4 is 10.5 Å². The minimum atomic E-state index is -3.57. The summed E-state index contributed by atoms with van der Waals surface area (Å²) < 4.78 is 26.6. The lowest BCUT2D eigenvalue weighted by atomic mass is 10.3. The van der Waals surface area contributed by atoms with Gasteiger partial charge in [-0.15, -0.1) is 0 Å². The standard InChI is InChI=1S/C11H14N4O2S/c1-8(11-13-6-7-14-11)15-18(16,17)10-4-2-9(12)3-5-10/h2-8,15H,12H2,1H3,(H,13,14). The normalized spacial score (nSPS) is 13.4. The summed E-state index contributed by atoms with van der Waals surface area (Å²) in [6, 6.07) is 5.60. The molecule has 0 saturated heterocycles. The Balaban J connectivity index is 2.20. The first-order chi connectivity index (χ1) is 8.49. The molecule has 1 aromatic heterocycles. The molecule has 7 heteroatoms. The van der Waals surface area contributed by atoms with Crippen LogP contribution in [0.4, 0.5) is 5.69 Å². The van der Waals surface area contributed by atoms with E-state index in [0.717, 1.165) is 0 Å². The molecule has 0 amide bonds. The second-order valence-corrected chi connectivity index (χ2v) is 5.60. The molecule has 0 bridgehead atoms. The molecule has 18 heavy (non-hydrogen) atoms. The predicted octanol–water partition coefficient (Wildman–Crippen LogP) is 1.03. The Bertz CT molecular complexity index is 605. The first-order valence-corrected chi connectivity index (χ1v) is 6.84. The van der Waals surface area contributed by atoms with Gasteiger partial charge in [-0.25, -0.2) is 18.1 Å². The number of nitrogens with zero attached hydrogens (tertiary/aromatic N) is 1. The van der Waals surface area contributed by atoms with Gasteiger partial charge in [0.2, 0.25) is 10.0 Å². The Morgan fingerprint density at radius 3 is 2.56 bits per heavy atom. The summed E-state index contributed by atoms with van der Waals surface area (Å²) in [5, 5.41) is 0. The van der Waals surface area contributed by atoms with E-state index in [4.69, 9.17) is 5.73 Å². The third kappa shape index (κ3) is 2.69. The smallest absolute Gasteiger partial charge is 0.241 e. The average Bonchev–Trinajstić information content (AvgIpc) is 2.82. The fourth-order valence-corrected chi connectivity index (χ4v) is 2.73. The Labute approximate surface area is 105 Å². The fourth-order valence-electron chi connectivity index (χ4n) is 1.52. The highest BCUT2D eigenvalue weighted by atomic mass is 32.2. The Morgan fingerprint density at radius 2 is 2.00 bits per heavy atom. The lowest BCUT2D eigenvalue weighted by Crippen LogP contribution is -2.27. The Hall–Kier alpha value is -1.86. The summed E-state index contributed by atoms with van der Waals surface area (Å²) in [5.41, 5.74) is 6.04. The quantitative estimate of drug-likeness (QED) is 0.719. The first-order valence-electron chi connectivity index (χ1n) is 5.36. The minimum absolute atomic E-state index is 0.176. The minimum Gasteiger partial charge on any atom is -0.399 e. The fraction of sp³-hybridized carbons (Fsp3) is 0.182. The molecular formula is C11H14N4O2S. The lowest BCUT2D eigenvalue weighted by molar-refractivity contribution is 0.561. The number of aromatic amines is 1. The number of nitrogens with two attached hydrogens (primary N) is 1. The molecule has 1 unspecified atom stereocenters. The maximum atomic E-state index is 12.1. The number of benzene rings is 1. The lowest BCUT2D eigenvalue weighted by Gasteiger charge is -2.12. The van der Waals surface area contributed by atoms with Gasteiger partial charge in [0, 0.05) is 18.1 Å². The molecule has 1 heterocycles. The van der Waals surface area contributed by atoms with Crippen LogP contribution in [0, 0.1) is 0 Å². The van der Waals surface area contributed by atoms with Gasteiger partial charge in [-0.1, -0.05) is 0 Å². The van der Waals surface area contributed by atoms with Gasteiger partial charge in [0.25, 0.3) is 0 Å². The maximum absolute atomic E-state index is 12.1. The van der Waals surface area contributed by atoms with E-state index < -0.39 is 16.1 Å². The molecule has 0 fully saturated rings. The number of nitrogens with one attached hydrogen (secondary N) is 2. The maximum Gasteiger partial charge on any atom is 0.241 e. The van der Waals surface area contributed by atoms with E-state index in [2.05, 4.69) is 14.7 Å². The largest absolute Gasteiger partial charge is 0.399 e. The van der Waals surface area contributed by atoms with Gasteiger partial charge in [-0.05, 0) is 31.2 Å². The highest BCUT2D eigenvalue weighted by Gasteiger charge is 2.19. The average molecular weight is 266 g/mol. The van der Waals surface area contributed by atoms with Crippen molar-refractivity contribution in [1.82, 2.24) is 14.7 Å². The van der Waals surface area contributed by atoms with Gasteiger partial charge in [0.15, 0.2) is 0 Å². The summed E-state index contributed by atoms with van der Waals surface area (Å²) in [4.78, 5) is 7.04. The monoisotopic (exact) mass is 266 g/mol. The van der Waals surface area contributed by atoms with Crippen LogP contribution >= 0.6 is 0 Å². The SMILES string of the molecule is CC(NS(=O)(=O)c1ccc(N)cc1)c1ncc[nH]1. The second-order valence-electron chi connectivity index (χ2n) is 3.89. The van der Waals surface area contributed by atoms with Crippen LogP contribution in [0.15, 0.2) is 41.6 Å². The number of anilines is 1. The molecule has 6 nitrogen and oxygen atoms in total. The van der Waals surface area contributed by atoms with Crippen LogP contribution in [0.3, 0.4) is 0 Å². The molecule has 2 aromatic rings. The zero-order valence-electron chi connectivity index (χ0n) is 9.79. The van der Waals surface area contributed by atoms with Gasteiger partial charge in [0.05, 0.1) is 10.9 Å². The summed E-state index contributed by atoms with van der Waals surface area (Å²) in [7, 11) is -3.57. The van der Waals surface area contributed by atoms with E-state index in [1.165, 1.54) is 12.1 Å². The van der Waals surface area contributed by atoms with E-state index in [9.17, 15) is 8.42 Å². The van der Waals surface area contributed by atoms with E-state index >= 15 is 0 Å². The molecule has 2 rings (SSSR count). The molecular weight excluding hydrogens is 252 g/mol. The number of aromatic nitrogens is 2. The summed E-state index contributed by atoms with van der Waals surface area (Å²) in [6.45, 7) is 1.72. The highest BCUT2D eigenvalue weighted by molar-refractivity contribution is 7.89. The van der Waals surface area contributed by atoms with Crippen molar-refractivity contribution >= 4 is 15.7 Å². The van der Waals surface area contributed by atoms with E-state index in [-0.39, 0.29) is 4.90 Å². The molecule has 96 valence electrons. The molecule has 1 aromatic carbocycles. The van der Waals surface area contributed by atoms with Crippen LogP contribution in [-0.4, -0.2) is 18.4 Å². The first kappa shape index (κ1) is 12.6. The van der Waals surface area contributed by atoms with Crippen LogP contribution in [0.2, 0.25) is 0 Å². The van der Waals surface area contributed by atoms with Gasteiger partial charge in [0.1, 0.15) is 5.82 Å². The van der Waals surface area contributed by atoms with Crippen molar-refractivity contribution < 1.29 is 8.42 Å². The molecule has 1 atom stereocenters. The Kier molecular flexibility index (Phi) is 3.35. The van der Waals surface area contributed by atoms with Crippen LogP contribution in [-0.2, 0) is 10.0 Å². The van der Waals surface area contributed by atoms with Gasteiger partial charge in [-0.2, -0.15) is 0 Å². The van der Waals surface area contributed by atoms with Crippen molar-refractivity contribution in [3.05, 3.63) is 42.5 Å². The van der Waals surface area contributed by atoms with Crippen LogP contribution in [0.25, 0.3) is 0 Å². The van der Waals surface area contributed by atoms with Crippen molar-refractivity contribution in [1.29, 1.82) is 0 Å². The molecule has 0 radical (unpaired) electrons. The molecule has 0 spiro atoms. The third-order valence-electron chi connectivity index (χ3n) is 2.45. The number of hydrogen-bond donors (Lipinski definition) is 3. The van der Waals surface area contributed by atoms with Crippen molar-refractivity contribution in [2.75, 3.05) is 5.73 Å². The van der Waals surface area contributed by atoms with Crippen molar-refractivity contribution in [3.8, 4) is 0 Å². The number of sulfonamides is 1. The van der Waals surface area contributed by atoms with Gasteiger partial charge < -0.3 is 10.7 Å². The molecule has 4 N–H and O–H groups in total. The van der Waals surface area contributed by atoms with E-state index in [0.29, 0.717) is 11.5 Å².